The van der Waals surface area contributed by atoms with Crippen LogP contribution in [-0.4, -0.2) is 55.7 Å². The monoisotopic (exact) mass is 526 g/mol. The first-order chi connectivity index (χ1) is 13.7. The Kier molecular flexibility index (Phi) is 9.81. The number of carboxylic acid groups (broad SMARTS) is 2. The average Bonchev–Trinajstić information content (AvgIpc) is 3.22. The smallest absolute Gasteiger partial charge is 0.307 e. The summed E-state index contributed by atoms with van der Waals surface area (Å²) < 4.78 is 20.3. The van der Waals surface area contributed by atoms with Gasteiger partial charge in [0.25, 0.3) is 0 Å². The third-order valence-electron chi connectivity index (χ3n) is 6.10. The molecule has 29 heavy (non-hydrogen) atoms. The number of carbonyl (C=O) groups is 2. The lowest BCUT2D eigenvalue weighted by molar-refractivity contribution is -0.143. The fourth-order valence-corrected chi connectivity index (χ4v) is 5.39. The number of unbranched alkanes of at least 4 members (excludes halogenated alkanes) is 1. The molecule has 8 heteroatoms. The van der Waals surface area contributed by atoms with Gasteiger partial charge < -0.3 is 20.1 Å². The molecule has 0 spiro atoms. The molecule has 0 unspecified atom stereocenters. The van der Waals surface area contributed by atoms with E-state index in [1.165, 1.54) is 6.08 Å². The second kappa shape index (κ2) is 11.6. The van der Waals surface area contributed by atoms with E-state index in [2.05, 4.69) is 22.6 Å². The fraction of sp³-hybridized carbons (Fsp3) is 0.810. The minimum absolute atomic E-state index is 0.0231. The van der Waals surface area contributed by atoms with E-state index < -0.39 is 30.1 Å². The topological polar surface area (TPSA) is 104 Å². The highest BCUT2D eigenvalue weighted by Crippen LogP contribution is 2.49. The van der Waals surface area contributed by atoms with E-state index in [1.807, 2.05) is 6.92 Å². The van der Waals surface area contributed by atoms with Crippen molar-refractivity contribution >= 4 is 34.5 Å². The number of carboxylic acids is 2. The molecule has 3 N–H and O–H groups in total. The number of aliphatic hydroxyl groups is 1. The zero-order valence-electron chi connectivity index (χ0n) is 16.8. The van der Waals surface area contributed by atoms with Crippen molar-refractivity contribution in [2.45, 2.75) is 86.7 Å². The zero-order valence-corrected chi connectivity index (χ0v) is 18.9. The Labute approximate surface area is 185 Å². The number of ether oxygens (including phenoxy) is 1. The number of aliphatic carboxylic acids is 2. The van der Waals surface area contributed by atoms with E-state index in [0.29, 0.717) is 32.1 Å². The van der Waals surface area contributed by atoms with Crippen molar-refractivity contribution in [1.29, 1.82) is 0 Å². The van der Waals surface area contributed by atoms with Crippen LogP contribution >= 0.6 is 22.6 Å². The quantitative estimate of drug-likeness (QED) is 0.202. The predicted octanol–water partition coefficient (Wildman–Crippen LogP) is 3.98. The molecule has 0 aromatic rings. The second-order valence-corrected chi connectivity index (χ2v) is 9.81. The predicted molar refractivity (Wildman–Crippen MR) is 115 cm³/mol. The van der Waals surface area contributed by atoms with Crippen LogP contribution in [0.3, 0.4) is 0 Å². The SMILES string of the molecule is CCCC[C@@H](F)[C@H](O)/C=C/[C@@H]1[C@H]2C[C@H]([C@H](I)CCCC(=O)O)O[C@H]2C[C@H]1C(=O)O. The maximum atomic E-state index is 14.0. The van der Waals surface area contributed by atoms with Gasteiger partial charge in [-0.05, 0) is 43.9 Å². The Morgan fingerprint density at radius 2 is 1.97 bits per heavy atom. The van der Waals surface area contributed by atoms with Gasteiger partial charge in [-0.15, -0.1) is 0 Å². The lowest BCUT2D eigenvalue weighted by Crippen LogP contribution is -2.26. The van der Waals surface area contributed by atoms with Gasteiger partial charge in [0.15, 0.2) is 0 Å². The summed E-state index contributed by atoms with van der Waals surface area (Å²) in [6, 6.07) is 0. The van der Waals surface area contributed by atoms with Crippen molar-refractivity contribution in [2.24, 2.45) is 17.8 Å². The number of alkyl halides is 2. The minimum Gasteiger partial charge on any atom is -0.481 e. The van der Waals surface area contributed by atoms with Crippen molar-refractivity contribution in [1.82, 2.24) is 0 Å². The van der Waals surface area contributed by atoms with Crippen LogP contribution in [0.25, 0.3) is 0 Å². The standard InChI is InChI=1S/C21H32FIO6/c1-2-3-5-15(22)17(24)9-8-12-13-10-19(16(23)6-4-7-20(25)26)29-18(13)11-14(12)21(27)28/h8-9,12-19,24H,2-7,10-11H2,1H3,(H,25,26)(H,27,28)/b9-8+/t12-,13-,14-,15-,16-,17-,18+,19-/m1/s1. The number of hydrogen-bond acceptors (Lipinski definition) is 4. The molecule has 0 bridgehead atoms. The normalized spacial score (nSPS) is 32.2. The molecule has 0 amide bonds. The molecular formula is C21H32FIO6. The van der Waals surface area contributed by atoms with Crippen LogP contribution in [0.15, 0.2) is 12.2 Å². The molecule has 8 atom stereocenters. The number of rotatable bonds is 12. The summed E-state index contributed by atoms with van der Waals surface area (Å²) in [5, 5.41) is 28.4. The van der Waals surface area contributed by atoms with Gasteiger partial charge in [0, 0.05) is 10.3 Å². The summed E-state index contributed by atoms with van der Waals surface area (Å²) in [5.41, 5.74) is 0. The Bertz CT molecular complexity index is 586. The summed E-state index contributed by atoms with van der Waals surface area (Å²) in [5.74, 6) is -2.56. The highest BCUT2D eigenvalue weighted by Gasteiger charge is 2.51. The first kappa shape index (κ1) is 24.5. The largest absolute Gasteiger partial charge is 0.481 e. The summed E-state index contributed by atoms with van der Waals surface area (Å²) in [6.07, 6.45) is 4.76. The van der Waals surface area contributed by atoms with Gasteiger partial charge in [0.2, 0.25) is 0 Å². The van der Waals surface area contributed by atoms with Crippen LogP contribution in [-0.2, 0) is 14.3 Å². The third-order valence-corrected chi connectivity index (χ3v) is 7.53. The van der Waals surface area contributed by atoms with Gasteiger partial charge >= 0.3 is 11.9 Å². The maximum absolute atomic E-state index is 14.0. The Morgan fingerprint density at radius 1 is 1.24 bits per heavy atom. The lowest BCUT2D eigenvalue weighted by Gasteiger charge is -2.22. The third kappa shape index (κ3) is 6.89. The summed E-state index contributed by atoms with van der Waals surface area (Å²) in [4.78, 5) is 22.4. The number of aliphatic hydroxyl groups excluding tert-OH is 1. The fourth-order valence-electron chi connectivity index (χ4n) is 4.48. The van der Waals surface area contributed by atoms with Crippen molar-refractivity contribution in [3.8, 4) is 0 Å². The van der Waals surface area contributed by atoms with Gasteiger partial charge in [-0.1, -0.05) is 54.5 Å². The molecular weight excluding hydrogens is 494 g/mol. The van der Waals surface area contributed by atoms with Gasteiger partial charge in [-0.25, -0.2) is 4.39 Å². The summed E-state index contributed by atoms with van der Waals surface area (Å²) >= 11 is 2.29. The molecule has 1 aliphatic carbocycles. The average molecular weight is 526 g/mol. The van der Waals surface area contributed by atoms with Crippen molar-refractivity contribution < 1.29 is 34.0 Å². The molecule has 2 aliphatic rings. The van der Waals surface area contributed by atoms with E-state index in [4.69, 9.17) is 9.84 Å². The maximum Gasteiger partial charge on any atom is 0.307 e. The first-order valence-corrected chi connectivity index (χ1v) is 11.7. The molecule has 1 aliphatic heterocycles. The Hall–Kier alpha value is -0.740. The lowest BCUT2D eigenvalue weighted by atomic mass is 9.85. The first-order valence-electron chi connectivity index (χ1n) is 10.5. The minimum atomic E-state index is -1.34. The molecule has 1 saturated carbocycles. The molecule has 1 saturated heterocycles. The van der Waals surface area contributed by atoms with Crippen LogP contribution < -0.4 is 0 Å². The van der Waals surface area contributed by atoms with E-state index >= 15 is 0 Å². The highest BCUT2D eigenvalue weighted by molar-refractivity contribution is 14.1. The molecule has 0 radical (unpaired) electrons. The van der Waals surface area contributed by atoms with Gasteiger partial charge in [0.05, 0.1) is 18.1 Å². The number of halogens is 2. The van der Waals surface area contributed by atoms with E-state index in [1.54, 1.807) is 6.08 Å². The zero-order chi connectivity index (χ0) is 21.6. The molecule has 0 aromatic carbocycles. The molecule has 166 valence electrons. The van der Waals surface area contributed by atoms with Crippen LogP contribution in [0.4, 0.5) is 4.39 Å². The second-order valence-electron chi connectivity index (χ2n) is 8.21. The van der Waals surface area contributed by atoms with Crippen LogP contribution in [0.5, 0.6) is 0 Å². The van der Waals surface area contributed by atoms with Crippen LogP contribution in [0, 0.1) is 17.8 Å². The molecule has 6 nitrogen and oxygen atoms in total. The van der Waals surface area contributed by atoms with E-state index in [0.717, 1.165) is 12.8 Å². The Morgan fingerprint density at radius 3 is 2.59 bits per heavy atom. The van der Waals surface area contributed by atoms with Crippen molar-refractivity contribution in [2.75, 3.05) is 0 Å². The van der Waals surface area contributed by atoms with Crippen LogP contribution in [0.1, 0.15) is 58.3 Å². The van der Waals surface area contributed by atoms with Gasteiger partial charge in [0.1, 0.15) is 12.3 Å². The molecule has 0 aromatic heterocycles. The van der Waals surface area contributed by atoms with Gasteiger partial charge in [-0.2, -0.15) is 0 Å². The van der Waals surface area contributed by atoms with E-state index in [-0.39, 0.29) is 34.4 Å². The number of fused-ring (bicyclic) bond motifs is 1. The van der Waals surface area contributed by atoms with Crippen molar-refractivity contribution in [3.05, 3.63) is 12.2 Å². The Balaban J connectivity index is 1.98. The van der Waals surface area contributed by atoms with Crippen molar-refractivity contribution in [3.63, 3.8) is 0 Å². The highest BCUT2D eigenvalue weighted by atomic mass is 127. The van der Waals surface area contributed by atoms with E-state index in [9.17, 15) is 24.2 Å². The van der Waals surface area contributed by atoms with Crippen LogP contribution in [0.2, 0.25) is 0 Å². The molecule has 1 heterocycles. The molecule has 2 rings (SSSR count). The summed E-state index contributed by atoms with van der Waals surface area (Å²) in [7, 11) is 0. The molecule has 2 fully saturated rings. The van der Waals surface area contributed by atoms with Gasteiger partial charge in [-0.3, -0.25) is 9.59 Å². The number of allylic oxidation sites excluding steroid dienone is 1. The summed E-state index contributed by atoms with van der Waals surface area (Å²) in [6.45, 7) is 1.96. The number of hydrogen-bond donors (Lipinski definition) is 3.